The average Bonchev–Trinajstić information content (AvgIpc) is 3.00. The second kappa shape index (κ2) is 9.21. The minimum absolute atomic E-state index is 0. The molecule has 3 nitrogen and oxygen atoms in total. The first kappa shape index (κ1) is 19.0. The van der Waals surface area contributed by atoms with Crippen molar-refractivity contribution in [2.75, 3.05) is 0 Å². The van der Waals surface area contributed by atoms with Crippen molar-refractivity contribution < 1.29 is 44.2 Å². The molecule has 0 heterocycles. The monoisotopic (exact) mass is 326 g/mol. The van der Waals surface area contributed by atoms with Gasteiger partial charge >= 0.3 is 35.5 Å². The number of halogens is 1. The molecule has 0 bridgehead atoms. The van der Waals surface area contributed by atoms with Gasteiger partial charge in [0.05, 0.1) is 11.3 Å². The number of aromatic carboxylic acids is 1. The van der Waals surface area contributed by atoms with E-state index in [-0.39, 0.29) is 29.6 Å². The fourth-order valence-corrected chi connectivity index (χ4v) is 2.62. The number of benzene rings is 2. The molecule has 0 spiro atoms. The summed E-state index contributed by atoms with van der Waals surface area (Å²) >= 11 is 6.02. The maximum Gasteiger partial charge on any atom is 1.00 e. The zero-order valence-electron chi connectivity index (χ0n) is 12.5. The van der Waals surface area contributed by atoms with E-state index in [9.17, 15) is 4.79 Å². The normalized spacial score (nSPS) is 11.5. The number of rotatable bonds is 2. The summed E-state index contributed by atoms with van der Waals surface area (Å²) in [4.78, 5) is 10.2. The van der Waals surface area contributed by atoms with E-state index in [1.165, 1.54) is 17.5 Å². The van der Waals surface area contributed by atoms with Crippen molar-refractivity contribution in [1.82, 2.24) is 0 Å². The number of hydrogen-bond acceptors (Lipinski definition) is 2. The Morgan fingerprint density at radius 3 is 2.27 bits per heavy atom. The zero-order valence-corrected chi connectivity index (χ0v) is 15.3. The maximum absolute atomic E-state index is 10.2. The fraction of sp³-hybridized carbons (Fsp3) is 0.176. The Bertz CT molecular complexity index is 629. The van der Waals surface area contributed by atoms with Crippen LogP contribution in [0.15, 0.2) is 42.5 Å². The molecule has 1 N–H and O–H groups in total. The van der Waals surface area contributed by atoms with Crippen LogP contribution < -0.4 is 34.3 Å². The first-order valence-corrected chi connectivity index (χ1v) is 7.02. The van der Waals surface area contributed by atoms with Crippen LogP contribution in [0.5, 0.6) is 5.75 Å². The van der Waals surface area contributed by atoms with E-state index in [4.69, 9.17) is 21.4 Å². The van der Waals surface area contributed by atoms with Gasteiger partial charge in [0.2, 0.25) is 0 Å². The van der Waals surface area contributed by atoms with Gasteiger partial charge in [-0.2, -0.15) is 7.11 Å². The van der Waals surface area contributed by atoms with Gasteiger partial charge in [-0.05, 0) is 54.7 Å². The summed E-state index contributed by atoms with van der Waals surface area (Å²) in [5, 5.41) is 9.25. The standard InChI is InChI=1S/C10H10ClO.C7H6O2.Na/c1-12-10-6-5-9(11)7-3-2-4-8(7)10;8-7(9)6-4-2-1-3-5-6;/h5-6H,1-4H2;1-5H,(H,8,9);/q-1;;+1. The molecule has 1 aliphatic carbocycles. The van der Waals surface area contributed by atoms with Crippen molar-refractivity contribution >= 4 is 17.6 Å². The van der Waals surface area contributed by atoms with Gasteiger partial charge < -0.3 is 9.84 Å². The number of ether oxygens (including phenoxy) is 1. The number of carboxylic acids is 1. The Kier molecular flexibility index (Phi) is 7.97. The van der Waals surface area contributed by atoms with Crippen LogP contribution in [0.3, 0.4) is 0 Å². The van der Waals surface area contributed by atoms with Crippen LogP contribution in [0, 0.1) is 7.11 Å². The summed E-state index contributed by atoms with van der Waals surface area (Å²) in [5.41, 5.74) is 2.83. The SMILES string of the molecule is O=C(O)c1ccccc1.[CH2-]Oc1ccc(Cl)c2c1CCC2.[Na+]. The van der Waals surface area contributed by atoms with Crippen LogP contribution in [-0.4, -0.2) is 11.1 Å². The Hall–Kier alpha value is -1.000. The van der Waals surface area contributed by atoms with Crippen molar-refractivity contribution in [2.45, 2.75) is 19.3 Å². The van der Waals surface area contributed by atoms with Gasteiger partial charge in [-0.25, -0.2) is 4.79 Å². The molecule has 3 rings (SSSR count). The van der Waals surface area contributed by atoms with E-state index in [0.29, 0.717) is 5.56 Å². The van der Waals surface area contributed by atoms with Crippen molar-refractivity contribution in [3.8, 4) is 5.75 Å². The topological polar surface area (TPSA) is 46.5 Å². The summed E-state index contributed by atoms with van der Waals surface area (Å²) in [6.07, 6.45) is 3.32. The molecule has 0 atom stereocenters. The molecule has 0 aromatic heterocycles. The van der Waals surface area contributed by atoms with Gasteiger partial charge in [0, 0.05) is 5.02 Å². The quantitative estimate of drug-likeness (QED) is 0.670. The number of fused-ring (bicyclic) bond motifs is 1. The molecular formula is C17H16ClNaO3. The Morgan fingerprint density at radius 1 is 1.09 bits per heavy atom. The molecule has 1 aliphatic rings. The molecule has 0 unspecified atom stereocenters. The van der Waals surface area contributed by atoms with Crippen LogP contribution in [0.2, 0.25) is 5.02 Å². The fourth-order valence-electron chi connectivity index (χ4n) is 2.35. The molecule has 0 aliphatic heterocycles. The number of carbonyl (C=O) groups is 1. The molecule has 5 heteroatoms. The zero-order chi connectivity index (χ0) is 15.2. The van der Waals surface area contributed by atoms with Crippen molar-refractivity contribution in [1.29, 1.82) is 0 Å². The van der Waals surface area contributed by atoms with Gasteiger partial charge in [0.1, 0.15) is 0 Å². The summed E-state index contributed by atoms with van der Waals surface area (Å²) in [7, 11) is 3.42. The third kappa shape index (κ3) is 4.75. The Balaban J connectivity index is 0.000000219. The van der Waals surface area contributed by atoms with Crippen LogP contribution in [-0.2, 0) is 12.8 Å². The molecule has 0 saturated heterocycles. The van der Waals surface area contributed by atoms with Gasteiger partial charge in [-0.3, -0.25) is 0 Å². The van der Waals surface area contributed by atoms with Crippen LogP contribution >= 0.6 is 11.6 Å². The molecule has 2 aromatic carbocycles. The van der Waals surface area contributed by atoms with E-state index >= 15 is 0 Å². The minimum atomic E-state index is -0.879. The molecule has 0 fully saturated rings. The summed E-state index contributed by atoms with van der Waals surface area (Å²) in [5.74, 6) is 0.00231. The second-order valence-corrected chi connectivity index (χ2v) is 5.08. The van der Waals surface area contributed by atoms with E-state index in [2.05, 4.69) is 7.11 Å². The third-order valence-electron chi connectivity index (χ3n) is 3.36. The van der Waals surface area contributed by atoms with Crippen LogP contribution in [0.25, 0.3) is 0 Å². The van der Waals surface area contributed by atoms with Gasteiger partial charge in [0.15, 0.2) is 0 Å². The molecule has 0 saturated carbocycles. The average molecular weight is 327 g/mol. The van der Waals surface area contributed by atoms with E-state index < -0.39 is 5.97 Å². The summed E-state index contributed by atoms with van der Waals surface area (Å²) < 4.78 is 5.00. The second-order valence-electron chi connectivity index (χ2n) is 4.67. The minimum Gasteiger partial charge on any atom is -0.665 e. The molecule has 0 amide bonds. The van der Waals surface area contributed by atoms with Gasteiger partial charge in [0.25, 0.3) is 0 Å². The predicted molar refractivity (Wildman–Crippen MR) is 82.9 cm³/mol. The van der Waals surface area contributed by atoms with Crippen molar-refractivity contribution in [3.05, 3.63) is 71.3 Å². The largest absolute Gasteiger partial charge is 1.00 e. The first-order valence-electron chi connectivity index (χ1n) is 6.64. The summed E-state index contributed by atoms with van der Waals surface area (Å²) in [6, 6.07) is 12.1. The van der Waals surface area contributed by atoms with Crippen LogP contribution in [0.1, 0.15) is 27.9 Å². The predicted octanol–water partition coefficient (Wildman–Crippen LogP) is 1.39. The molecule has 22 heavy (non-hydrogen) atoms. The van der Waals surface area contributed by atoms with E-state index in [1.807, 2.05) is 12.1 Å². The van der Waals surface area contributed by atoms with Crippen molar-refractivity contribution in [2.24, 2.45) is 0 Å². The third-order valence-corrected chi connectivity index (χ3v) is 3.71. The summed E-state index contributed by atoms with van der Waals surface area (Å²) in [6.45, 7) is 0. The smallest absolute Gasteiger partial charge is 0.665 e. The Labute approximate surface area is 157 Å². The van der Waals surface area contributed by atoms with Crippen LogP contribution in [0.4, 0.5) is 0 Å². The molecule has 110 valence electrons. The van der Waals surface area contributed by atoms with Gasteiger partial charge in [-0.1, -0.05) is 29.8 Å². The Morgan fingerprint density at radius 2 is 1.73 bits per heavy atom. The first-order chi connectivity index (χ1) is 10.1. The van der Waals surface area contributed by atoms with E-state index in [1.54, 1.807) is 30.3 Å². The van der Waals surface area contributed by atoms with Crippen molar-refractivity contribution in [3.63, 3.8) is 0 Å². The van der Waals surface area contributed by atoms with Gasteiger partial charge in [-0.15, -0.1) is 0 Å². The molecule has 2 aromatic rings. The maximum atomic E-state index is 10.2. The number of hydrogen-bond donors (Lipinski definition) is 1. The molecular weight excluding hydrogens is 311 g/mol. The van der Waals surface area contributed by atoms with E-state index in [0.717, 1.165) is 23.6 Å². The molecule has 0 radical (unpaired) electrons. The number of carboxylic acid groups (broad SMARTS) is 1.